The molecule has 1 N–H and O–H groups in total. The highest BCUT2D eigenvalue weighted by Crippen LogP contribution is 2.17. The van der Waals surface area contributed by atoms with E-state index in [1.165, 1.54) is 5.56 Å². The van der Waals surface area contributed by atoms with Crippen molar-refractivity contribution in [2.75, 3.05) is 19.7 Å². The van der Waals surface area contributed by atoms with Crippen LogP contribution in [0.1, 0.15) is 17.5 Å². The Balaban J connectivity index is 1.35. The topological polar surface area (TPSA) is 41.6 Å². The molecule has 0 saturated carbocycles. The van der Waals surface area contributed by atoms with E-state index in [-0.39, 0.29) is 6.03 Å². The summed E-state index contributed by atoms with van der Waals surface area (Å²) in [5.74, 6) is 0.436. The van der Waals surface area contributed by atoms with Gasteiger partial charge in [-0.15, -0.1) is 0 Å². The van der Waals surface area contributed by atoms with E-state index < -0.39 is 0 Å². The molecule has 0 bridgehead atoms. The van der Waals surface area contributed by atoms with Gasteiger partial charge in [0.2, 0.25) is 0 Å². The van der Waals surface area contributed by atoms with Gasteiger partial charge in [0.25, 0.3) is 0 Å². The van der Waals surface area contributed by atoms with Gasteiger partial charge in [-0.3, -0.25) is 0 Å². The Hall–Kier alpha value is -1.85. The number of ether oxygens (including phenoxy) is 1. The van der Waals surface area contributed by atoms with E-state index >= 15 is 0 Å². The van der Waals surface area contributed by atoms with Crippen LogP contribution in [0.25, 0.3) is 0 Å². The lowest BCUT2D eigenvalue weighted by atomic mass is 10.1. The number of benzene rings is 1. The van der Waals surface area contributed by atoms with E-state index in [1.54, 1.807) is 11.3 Å². The van der Waals surface area contributed by atoms with Crippen LogP contribution in [0.15, 0.2) is 47.2 Å². The Morgan fingerprint density at radius 2 is 2.13 bits per heavy atom. The molecule has 2 aromatic rings. The van der Waals surface area contributed by atoms with Crippen molar-refractivity contribution in [3.05, 3.63) is 58.3 Å². The van der Waals surface area contributed by atoms with Crippen molar-refractivity contribution in [1.29, 1.82) is 0 Å². The molecule has 3 rings (SSSR count). The zero-order chi connectivity index (χ0) is 15.9. The number of hydrogen-bond acceptors (Lipinski definition) is 3. The summed E-state index contributed by atoms with van der Waals surface area (Å²) in [7, 11) is 0. The molecule has 5 heteroatoms. The normalized spacial score (nSPS) is 17.4. The summed E-state index contributed by atoms with van der Waals surface area (Å²) in [5.41, 5.74) is 2.35. The third kappa shape index (κ3) is 4.81. The van der Waals surface area contributed by atoms with Crippen molar-refractivity contribution in [3.8, 4) is 0 Å². The van der Waals surface area contributed by atoms with Gasteiger partial charge in [-0.1, -0.05) is 30.3 Å². The van der Waals surface area contributed by atoms with Gasteiger partial charge in [0, 0.05) is 25.6 Å². The van der Waals surface area contributed by atoms with E-state index in [1.807, 2.05) is 34.5 Å². The van der Waals surface area contributed by atoms with Crippen LogP contribution in [0.4, 0.5) is 4.79 Å². The van der Waals surface area contributed by atoms with Gasteiger partial charge in [0.15, 0.2) is 0 Å². The predicted molar refractivity (Wildman–Crippen MR) is 92.3 cm³/mol. The number of carbonyl (C=O) groups is 1. The Morgan fingerprint density at radius 3 is 2.91 bits per heavy atom. The number of rotatable bonds is 6. The highest BCUT2D eigenvalue weighted by atomic mass is 32.1. The van der Waals surface area contributed by atoms with Crippen molar-refractivity contribution >= 4 is 17.4 Å². The number of likely N-dealkylation sites (tertiary alicyclic amines) is 1. The monoisotopic (exact) mass is 330 g/mol. The molecule has 0 spiro atoms. The molecule has 0 radical (unpaired) electrons. The second-order valence-corrected chi connectivity index (χ2v) is 6.67. The zero-order valence-electron chi connectivity index (χ0n) is 13.1. The van der Waals surface area contributed by atoms with E-state index in [9.17, 15) is 4.79 Å². The highest BCUT2D eigenvalue weighted by molar-refractivity contribution is 7.07. The molecule has 0 unspecified atom stereocenters. The predicted octanol–water partition coefficient (Wildman–Crippen LogP) is 3.50. The number of urea groups is 1. The average molecular weight is 330 g/mol. The van der Waals surface area contributed by atoms with Crippen LogP contribution < -0.4 is 5.32 Å². The molecule has 1 saturated heterocycles. The molecule has 4 nitrogen and oxygen atoms in total. The summed E-state index contributed by atoms with van der Waals surface area (Å²) >= 11 is 1.65. The summed E-state index contributed by atoms with van der Waals surface area (Å²) in [5, 5.41) is 7.07. The van der Waals surface area contributed by atoms with Crippen LogP contribution in [-0.2, 0) is 17.9 Å². The number of carbonyl (C=O) groups excluding carboxylic acids is 1. The van der Waals surface area contributed by atoms with Gasteiger partial charge in [0.05, 0.1) is 13.2 Å². The second-order valence-electron chi connectivity index (χ2n) is 5.89. The van der Waals surface area contributed by atoms with E-state index in [0.29, 0.717) is 25.7 Å². The second kappa shape index (κ2) is 8.13. The molecular weight excluding hydrogens is 308 g/mol. The van der Waals surface area contributed by atoms with E-state index in [0.717, 1.165) is 25.1 Å². The summed E-state index contributed by atoms with van der Waals surface area (Å²) in [6, 6.07) is 12.3. The lowest BCUT2D eigenvalue weighted by Crippen LogP contribution is -2.38. The Morgan fingerprint density at radius 1 is 1.26 bits per heavy atom. The number of thiophene rings is 1. The first-order chi connectivity index (χ1) is 11.3. The van der Waals surface area contributed by atoms with Crippen LogP contribution in [0.2, 0.25) is 0 Å². The first kappa shape index (κ1) is 16.0. The van der Waals surface area contributed by atoms with Crippen molar-refractivity contribution in [2.45, 2.75) is 19.6 Å². The molecule has 1 aromatic carbocycles. The molecular formula is C18H22N2O2S. The van der Waals surface area contributed by atoms with Gasteiger partial charge < -0.3 is 15.0 Å². The third-order valence-electron chi connectivity index (χ3n) is 4.06. The van der Waals surface area contributed by atoms with Gasteiger partial charge in [-0.25, -0.2) is 4.79 Å². The number of amides is 2. The fourth-order valence-electron chi connectivity index (χ4n) is 2.75. The molecule has 122 valence electrons. The molecule has 23 heavy (non-hydrogen) atoms. The molecule has 1 aromatic heterocycles. The van der Waals surface area contributed by atoms with Gasteiger partial charge in [-0.2, -0.15) is 11.3 Å². The minimum atomic E-state index is 0.0294. The smallest absolute Gasteiger partial charge is 0.317 e. The first-order valence-corrected chi connectivity index (χ1v) is 8.91. The molecule has 1 fully saturated rings. The molecule has 1 aliphatic heterocycles. The maximum absolute atomic E-state index is 12.2. The number of nitrogens with zero attached hydrogens (tertiary/aromatic N) is 1. The van der Waals surface area contributed by atoms with Gasteiger partial charge in [-0.05, 0) is 34.4 Å². The molecule has 2 amide bonds. The molecule has 1 atom stereocenters. The van der Waals surface area contributed by atoms with Crippen LogP contribution in [0, 0.1) is 5.92 Å². The Labute approximate surface area is 141 Å². The van der Waals surface area contributed by atoms with Crippen LogP contribution >= 0.6 is 11.3 Å². The van der Waals surface area contributed by atoms with Crippen molar-refractivity contribution < 1.29 is 9.53 Å². The average Bonchev–Trinajstić information content (AvgIpc) is 3.25. The summed E-state index contributed by atoms with van der Waals surface area (Å²) < 4.78 is 5.79. The summed E-state index contributed by atoms with van der Waals surface area (Å²) in [4.78, 5) is 14.1. The maximum Gasteiger partial charge on any atom is 0.317 e. The molecule has 2 heterocycles. The van der Waals surface area contributed by atoms with Gasteiger partial charge >= 0.3 is 6.03 Å². The largest absolute Gasteiger partial charge is 0.376 e. The van der Waals surface area contributed by atoms with Crippen LogP contribution in [0.5, 0.6) is 0 Å². The van der Waals surface area contributed by atoms with Gasteiger partial charge in [0.1, 0.15) is 0 Å². The third-order valence-corrected chi connectivity index (χ3v) is 4.79. The van der Waals surface area contributed by atoms with Crippen molar-refractivity contribution in [1.82, 2.24) is 10.2 Å². The zero-order valence-corrected chi connectivity index (χ0v) is 13.9. The maximum atomic E-state index is 12.2. The SMILES string of the molecule is O=C(NCc1ccsc1)N1CC[C@H](COCc2ccccc2)C1. The van der Waals surface area contributed by atoms with Crippen LogP contribution in [0.3, 0.4) is 0 Å². The number of hydrogen-bond donors (Lipinski definition) is 1. The molecule has 0 aliphatic carbocycles. The quantitative estimate of drug-likeness (QED) is 0.881. The van der Waals surface area contributed by atoms with Crippen LogP contribution in [-0.4, -0.2) is 30.6 Å². The minimum absolute atomic E-state index is 0.0294. The Kier molecular flexibility index (Phi) is 5.66. The van der Waals surface area contributed by atoms with Crippen molar-refractivity contribution in [2.24, 2.45) is 5.92 Å². The minimum Gasteiger partial charge on any atom is -0.376 e. The highest BCUT2D eigenvalue weighted by Gasteiger charge is 2.26. The first-order valence-electron chi connectivity index (χ1n) is 7.97. The number of nitrogens with one attached hydrogen (secondary N) is 1. The lowest BCUT2D eigenvalue weighted by molar-refractivity contribution is 0.0897. The fourth-order valence-corrected chi connectivity index (χ4v) is 3.42. The summed E-state index contributed by atoms with van der Waals surface area (Å²) in [6.07, 6.45) is 1.01. The Bertz CT molecular complexity index is 601. The standard InChI is InChI=1S/C18H22N2O2S/c21-18(19-10-16-7-9-23-14-16)20-8-6-17(11-20)13-22-12-15-4-2-1-3-5-15/h1-5,7,9,14,17H,6,8,10-13H2,(H,19,21)/t17-/m0/s1. The fraction of sp³-hybridized carbons (Fsp3) is 0.389. The van der Waals surface area contributed by atoms with Crippen molar-refractivity contribution in [3.63, 3.8) is 0 Å². The lowest BCUT2D eigenvalue weighted by Gasteiger charge is -2.17. The van der Waals surface area contributed by atoms with E-state index in [4.69, 9.17) is 4.74 Å². The summed E-state index contributed by atoms with van der Waals surface area (Å²) in [6.45, 7) is 3.55. The van der Waals surface area contributed by atoms with E-state index in [2.05, 4.69) is 22.8 Å². The molecule has 1 aliphatic rings.